The maximum atomic E-state index is 13.6. The van der Waals surface area contributed by atoms with Crippen LogP contribution in [0.4, 0.5) is 5.82 Å². The van der Waals surface area contributed by atoms with Gasteiger partial charge in [0, 0.05) is 40.3 Å². The number of amides is 1. The van der Waals surface area contributed by atoms with Crippen LogP contribution in [0.5, 0.6) is 0 Å². The Bertz CT molecular complexity index is 1020. The second-order valence-corrected chi connectivity index (χ2v) is 9.99. The molecule has 0 spiro atoms. The Morgan fingerprint density at radius 1 is 0.933 bits per heavy atom. The average molecular weight is 412 g/mol. The minimum Gasteiger partial charge on any atom is -0.353 e. The van der Waals surface area contributed by atoms with Crippen LogP contribution in [0, 0.1) is 34.5 Å². The van der Waals surface area contributed by atoms with Crippen LogP contribution in [0.15, 0.2) is 9.59 Å². The molecular formula is C22H29N5O3. The predicted molar refractivity (Wildman–Crippen MR) is 111 cm³/mol. The Hall–Kier alpha value is -2.56. The third kappa shape index (κ3) is 2.74. The van der Waals surface area contributed by atoms with Gasteiger partial charge in [0.1, 0.15) is 11.9 Å². The Labute approximate surface area is 175 Å². The number of anilines is 1. The van der Waals surface area contributed by atoms with E-state index in [9.17, 15) is 19.6 Å². The number of aromatic nitrogens is 2. The van der Waals surface area contributed by atoms with Crippen molar-refractivity contribution < 1.29 is 4.79 Å². The van der Waals surface area contributed by atoms with Crippen molar-refractivity contribution in [3.05, 3.63) is 26.4 Å². The SMILES string of the molecule is Cn1c(N2CCN(C(=O)C34CC5CC(CC(C5)C3)C4)CC2)c(C#N)c(=O)n(C)c1=O. The fourth-order valence-corrected chi connectivity index (χ4v) is 7.13. The van der Waals surface area contributed by atoms with Gasteiger partial charge in [0.15, 0.2) is 5.56 Å². The van der Waals surface area contributed by atoms with Crippen LogP contribution in [-0.4, -0.2) is 46.1 Å². The summed E-state index contributed by atoms with van der Waals surface area (Å²) in [7, 11) is 2.97. The molecule has 2 heterocycles. The summed E-state index contributed by atoms with van der Waals surface area (Å²) >= 11 is 0. The first-order valence-corrected chi connectivity index (χ1v) is 11.1. The summed E-state index contributed by atoms with van der Waals surface area (Å²) in [5, 5.41) is 9.54. The molecule has 4 bridgehead atoms. The fraction of sp³-hybridized carbons (Fsp3) is 0.727. The van der Waals surface area contributed by atoms with Crippen molar-refractivity contribution in [1.29, 1.82) is 5.26 Å². The summed E-state index contributed by atoms with van der Waals surface area (Å²) in [5.74, 6) is 2.88. The first-order chi connectivity index (χ1) is 14.3. The second kappa shape index (κ2) is 6.73. The summed E-state index contributed by atoms with van der Waals surface area (Å²) in [6.45, 7) is 2.17. The molecule has 8 heteroatoms. The van der Waals surface area contributed by atoms with Crippen molar-refractivity contribution in [2.75, 3.05) is 31.1 Å². The number of piperazine rings is 1. The maximum absolute atomic E-state index is 13.6. The van der Waals surface area contributed by atoms with Crippen LogP contribution < -0.4 is 16.1 Å². The highest BCUT2D eigenvalue weighted by Crippen LogP contribution is 2.60. The Balaban J connectivity index is 1.36. The molecule has 1 saturated heterocycles. The van der Waals surface area contributed by atoms with E-state index in [-0.39, 0.29) is 11.0 Å². The lowest BCUT2D eigenvalue weighted by Gasteiger charge is -2.57. The third-order valence-corrected chi connectivity index (χ3v) is 8.10. The predicted octanol–water partition coefficient (Wildman–Crippen LogP) is 0.821. The van der Waals surface area contributed by atoms with Gasteiger partial charge in [-0.2, -0.15) is 5.26 Å². The molecule has 0 atom stereocenters. The fourth-order valence-electron chi connectivity index (χ4n) is 7.13. The number of carbonyl (C=O) groups is 1. The molecular weight excluding hydrogens is 382 g/mol. The molecule has 1 amide bonds. The van der Waals surface area contributed by atoms with Crippen LogP contribution in [0.3, 0.4) is 0 Å². The highest BCUT2D eigenvalue weighted by molar-refractivity contribution is 5.83. The van der Waals surface area contributed by atoms with Gasteiger partial charge in [0.05, 0.1) is 5.41 Å². The molecule has 1 aromatic heterocycles. The number of nitrogens with zero attached hydrogens (tertiary/aromatic N) is 5. The molecule has 6 rings (SSSR count). The Kier molecular flexibility index (Phi) is 4.35. The van der Waals surface area contributed by atoms with Crippen molar-refractivity contribution in [1.82, 2.24) is 14.0 Å². The van der Waals surface area contributed by atoms with Gasteiger partial charge < -0.3 is 9.80 Å². The van der Waals surface area contributed by atoms with E-state index in [0.29, 0.717) is 37.9 Å². The van der Waals surface area contributed by atoms with E-state index in [4.69, 9.17) is 0 Å². The largest absolute Gasteiger partial charge is 0.353 e. The molecule has 1 aromatic rings. The first kappa shape index (κ1) is 19.4. The minimum atomic E-state index is -0.567. The van der Waals surface area contributed by atoms with E-state index in [1.165, 1.54) is 30.9 Å². The molecule has 0 unspecified atom stereocenters. The standard InChI is InChI=1S/C22H29N5O3/c1-24-18(17(13-23)19(28)25(2)21(24)30)26-3-5-27(6-4-26)20(29)22-10-14-7-15(11-22)9-16(8-14)12-22/h14-16H,3-12H2,1-2H3. The first-order valence-electron chi connectivity index (χ1n) is 11.1. The van der Waals surface area contributed by atoms with Crippen LogP contribution in [-0.2, 0) is 18.9 Å². The second-order valence-electron chi connectivity index (χ2n) is 9.99. The summed E-state index contributed by atoms with van der Waals surface area (Å²) in [6.07, 6.45) is 7.11. The molecule has 5 aliphatic rings. The van der Waals surface area contributed by atoms with E-state index in [1.807, 2.05) is 15.9 Å². The average Bonchev–Trinajstić information content (AvgIpc) is 2.73. The maximum Gasteiger partial charge on any atom is 0.332 e. The number of nitriles is 1. The molecule has 0 aromatic carbocycles. The molecule has 0 radical (unpaired) electrons. The monoisotopic (exact) mass is 411 g/mol. The van der Waals surface area contributed by atoms with Crippen molar-refractivity contribution in [2.45, 2.75) is 38.5 Å². The zero-order valence-electron chi connectivity index (χ0n) is 17.8. The van der Waals surface area contributed by atoms with Gasteiger partial charge in [-0.15, -0.1) is 0 Å². The minimum absolute atomic E-state index is 0.0135. The summed E-state index contributed by atoms with van der Waals surface area (Å²) in [5.41, 5.74) is -1.17. The molecule has 30 heavy (non-hydrogen) atoms. The molecule has 5 fully saturated rings. The van der Waals surface area contributed by atoms with Gasteiger partial charge in [-0.3, -0.25) is 18.7 Å². The van der Waals surface area contributed by atoms with E-state index in [0.717, 1.165) is 41.6 Å². The van der Waals surface area contributed by atoms with Crippen LogP contribution in [0.1, 0.15) is 44.1 Å². The van der Waals surface area contributed by atoms with Crippen molar-refractivity contribution >= 4 is 11.7 Å². The van der Waals surface area contributed by atoms with Crippen molar-refractivity contribution in [3.63, 3.8) is 0 Å². The zero-order valence-corrected chi connectivity index (χ0v) is 17.8. The van der Waals surface area contributed by atoms with E-state index >= 15 is 0 Å². The third-order valence-electron chi connectivity index (χ3n) is 8.10. The molecule has 8 nitrogen and oxygen atoms in total. The molecule has 160 valence electrons. The smallest absolute Gasteiger partial charge is 0.332 e. The quantitative estimate of drug-likeness (QED) is 0.719. The van der Waals surface area contributed by atoms with Gasteiger partial charge in [-0.05, 0) is 56.3 Å². The highest BCUT2D eigenvalue weighted by Gasteiger charge is 2.55. The van der Waals surface area contributed by atoms with Crippen LogP contribution in [0.2, 0.25) is 0 Å². The molecule has 0 N–H and O–H groups in total. The number of hydrogen-bond acceptors (Lipinski definition) is 5. The Morgan fingerprint density at radius 3 is 1.97 bits per heavy atom. The summed E-state index contributed by atoms with van der Waals surface area (Å²) < 4.78 is 2.34. The lowest BCUT2D eigenvalue weighted by atomic mass is 9.49. The lowest BCUT2D eigenvalue weighted by molar-refractivity contribution is -0.158. The lowest BCUT2D eigenvalue weighted by Crippen LogP contribution is -2.58. The topological polar surface area (TPSA) is 91.3 Å². The number of hydrogen-bond donors (Lipinski definition) is 0. The number of rotatable bonds is 2. The highest BCUT2D eigenvalue weighted by atomic mass is 16.2. The molecule has 1 aliphatic heterocycles. The van der Waals surface area contributed by atoms with E-state index in [2.05, 4.69) is 0 Å². The van der Waals surface area contributed by atoms with Crippen LogP contribution >= 0.6 is 0 Å². The van der Waals surface area contributed by atoms with Crippen molar-refractivity contribution in [3.8, 4) is 6.07 Å². The van der Waals surface area contributed by atoms with Crippen LogP contribution in [0.25, 0.3) is 0 Å². The van der Waals surface area contributed by atoms with Gasteiger partial charge in [-0.1, -0.05) is 0 Å². The van der Waals surface area contributed by atoms with Gasteiger partial charge in [0.25, 0.3) is 5.56 Å². The van der Waals surface area contributed by atoms with E-state index < -0.39 is 11.2 Å². The number of carbonyl (C=O) groups excluding carboxylic acids is 1. The van der Waals surface area contributed by atoms with Gasteiger partial charge >= 0.3 is 5.69 Å². The molecule has 4 aliphatic carbocycles. The van der Waals surface area contributed by atoms with Gasteiger partial charge in [-0.25, -0.2) is 4.79 Å². The molecule has 4 saturated carbocycles. The summed E-state index contributed by atoms with van der Waals surface area (Å²) in [4.78, 5) is 42.3. The van der Waals surface area contributed by atoms with Gasteiger partial charge in [0.2, 0.25) is 5.91 Å². The van der Waals surface area contributed by atoms with Crippen molar-refractivity contribution in [2.24, 2.45) is 37.3 Å². The normalized spacial score (nSPS) is 32.4. The zero-order chi connectivity index (χ0) is 21.2. The Morgan fingerprint density at radius 2 is 1.47 bits per heavy atom. The van der Waals surface area contributed by atoms with E-state index in [1.54, 1.807) is 7.05 Å². The summed E-state index contributed by atoms with van der Waals surface area (Å²) in [6, 6.07) is 1.98.